The van der Waals surface area contributed by atoms with Gasteiger partial charge < -0.3 is 24.8 Å². The van der Waals surface area contributed by atoms with E-state index in [-0.39, 0.29) is 30.3 Å². The van der Waals surface area contributed by atoms with Gasteiger partial charge in [-0.2, -0.15) is 0 Å². The molecule has 10 nitrogen and oxygen atoms in total. The molecule has 0 bridgehead atoms. The van der Waals surface area contributed by atoms with Gasteiger partial charge in [0, 0.05) is 18.8 Å². The minimum Gasteiger partial charge on any atom is -0.493 e. The molecule has 0 heterocycles. The molecule has 2 amide bonds. The number of amides is 2. The number of anilines is 1. The maximum atomic E-state index is 12.6. The minimum absolute atomic E-state index is 0.0197. The first-order valence-corrected chi connectivity index (χ1v) is 12.0. The number of nitrogens with one attached hydrogen (secondary N) is 3. The van der Waals surface area contributed by atoms with E-state index in [4.69, 9.17) is 14.2 Å². The van der Waals surface area contributed by atoms with Crippen molar-refractivity contribution in [2.45, 2.75) is 37.7 Å². The van der Waals surface area contributed by atoms with Crippen molar-refractivity contribution in [2.24, 2.45) is 0 Å². The Hall–Kier alpha value is -3.31. The highest BCUT2D eigenvalue weighted by Crippen LogP contribution is 2.27. The second-order valence-electron chi connectivity index (χ2n) is 8.27. The summed E-state index contributed by atoms with van der Waals surface area (Å²) in [5, 5.41) is 5.17. The molecule has 34 heavy (non-hydrogen) atoms. The third kappa shape index (κ3) is 8.56. The van der Waals surface area contributed by atoms with Gasteiger partial charge in [-0.15, -0.1) is 0 Å². The molecular weight excluding hydrogens is 462 g/mol. The fourth-order valence-electron chi connectivity index (χ4n) is 2.87. The molecule has 0 aromatic heterocycles. The van der Waals surface area contributed by atoms with E-state index in [2.05, 4.69) is 15.4 Å². The Balaban J connectivity index is 1.94. The monoisotopic (exact) mass is 493 g/mol. The summed E-state index contributed by atoms with van der Waals surface area (Å²) in [7, 11) is -0.816. The van der Waals surface area contributed by atoms with Gasteiger partial charge in [0.1, 0.15) is 5.60 Å². The molecule has 0 aliphatic heterocycles. The first kappa shape index (κ1) is 26.9. The second-order valence-corrected chi connectivity index (χ2v) is 10.0. The predicted octanol–water partition coefficient (Wildman–Crippen LogP) is 2.69. The van der Waals surface area contributed by atoms with Crippen LogP contribution in [0.5, 0.6) is 11.5 Å². The number of sulfonamides is 1. The van der Waals surface area contributed by atoms with Crippen molar-refractivity contribution < 1.29 is 32.2 Å². The fourth-order valence-corrected chi connectivity index (χ4v) is 3.95. The maximum Gasteiger partial charge on any atom is 0.407 e. The fraction of sp³-hybridized carbons (Fsp3) is 0.391. The summed E-state index contributed by atoms with van der Waals surface area (Å²) >= 11 is 0. The Bertz CT molecular complexity index is 1110. The molecule has 2 aromatic carbocycles. The Kier molecular flexibility index (Phi) is 9.28. The number of ether oxygens (including phenoxy) is 3. The van der Waals surface area contributed by atoms with E-state index < -0.39 is 21.7 Å². The molecule has 0 fully saturated rings. The largest absolute Gasteiger partial charge is 0.493 e. The number of carbonyl (C=O) groups excluding carboxylic acids is 2. The quantitative estimate of drug-likeness (QED) is 0.434. The maximum absolute atomic E-state index is 12.6. The van der Waals surface area contributed by atoms with Crippen molar-refractivity contribution in [3.05, 3.63) is 48.0 Å². The minimum atomic E-state index is -3.85. The average molecular weight is 494 g/mol. The van der Waals surface area contributed by atoms with E-state index >= 15 is 0 Å². The topological polar surface area (TPSA) is 132 Å². The highest BCUT2D eigenvalue weighted by molar-refractivity contribution is 7.89. The van der Waals surface area contributed by atoms with E-state index in [0.717, 1.165) is 0 Å². The Labute approximate surface area is 200 Å². The van der Waals surface area contributed by atoms with Crippen LogP contribution in [0.4, 0.5) is 10.5 Å². The summed E-state index contributed by atoms with van der Waals surface area (Å²) in [5.74, 6) is 0.739. The first-order valence-electron chi connectivity index (χ1n) is 10.5. The van der Waals surface area contributed by atoms with Crippen LogP contribution in [0.25, 0.3) is 0 Å². The van der Waals surface area contributed by atoms with Crippen LogP contribution >= 0.6 is 0 Å². The van der Waals surface area contributed by atoms with Gasteiger partial charge in [-0.1, -0.05) is 12.1 Å². The number of hydrogen-bond acceptors (Lipinski definition) is 7. The van der Waals surface area contributed by atoms with Crippen molar-refractivity contribution in [3.63, 3.8) is 0 Å². The van der Waals surface area contributed by atoms with Crippen LogP contribution in [0.3, 0.4) is 0 Å². The lowest BCUT2D eigenvalue weighted by Crippen LogP contribution is -2.37. The molecule has 0 atom stereocenters. The molecule has 0 unspecified atom stereocenters. The zero-order valence-corrected chi connectivity index (χ0v) is 20.7. The van der Waals surface area contributed by atoms with Crippen LogP contribution in [-0.2, 0) is 26.0 Å². The van der Waals surface area contributed by atoms with Crippen LogP contribution in [0.15, 0.2) is 47.4 Å². The van der Waals surface area contributed by atoms with E-state index in [9.17, 15) is 18.0 Å². The van der Waals surface area contributed by atoms with Crippen LogP contribution in [0.1, 0.15) is 26.3 Å². The van der Waals surface area contributed by atoms with Gasteiger partial charge in [0.15, 0.2) is 11.5 Å². The van der Waals surface area contributed by atoms with Crippen LogP contribution in [0.2, 0.25) is 0 Å². The average Bonchev–Trinajstić information content (AvgIpc) is 2.75. The molecule has 0 aliphatic carbocycles. The number of alkyl carbamates (subject to hydrolysis) is 1. The van der Waals surface area contributed by atoms with Crippen LogP contribution in [0, 0.1) is 0 Å². The lowest BCUT2D eigenvalue weighted by Gasteiger charge is -2.19. The highest BCUT2D eigenvalue weighted by Gasteiger charge is 2.17. The molecule has 2 rings (SSSR count). The van der Waals surface area contributed by atoms with E-state index in [1.807, 2.05) is 0 Å². The summed E-state index contributed by atoms with van der Waals surface area (Å²) in [5.41, 5.74) is 0.395. The number of methoxy groups -OCH3 is 2. The number of carbonyl (C=O) groups is 2. The molecular formula is C23H31N3O7S. The zero-order chi connectivity index (χ0) is 25.4. The van der Waals surface area contributed by atoms with Gasteiger partial charge in [0.25, 0.3) is 0 Å². The molecule has 0 saturated heterocycles. The van der Waals surface area contributed by atoms with Gasteiger partial charge in [-0.3, -0.25) is 4.79 Å². The molecule has 0 radical (unpaired) electrons. The SMILES string of the molecule is COc1ccc(CC(=O)Nc2cccc(S(=O)(=O)NCCNC(=O)OC(C)(C)C)c2)cc1OC. The molecule has 0 saturated carbocycles. The third-order valence-electron chi connectivity index (χ3n) is 4.33. The highest BCUT2D eigenvalue weighted by atomic mass is 32.2. The summed E-state index contributed by atoms with van der Waals surface area (Å²) < 4.78 is 43.1. The van der Waals surface area contributed by atoms with Gasteiger partial charge in [-0.05, 0) is 56.7 Å². The standard InChI is InChI=1S/C23H31N3O7S/c1-23(2,3)33-22(28)24-11-12-25-34(29,30)18-8-6-7-17(15-18)26-21(27)14-16-9-10-19(31-4)20(13-16)32-5/h6-10,13,15,25H,11-12,14H2,1-5H3,(H,24,28)(H,26,27). The van der Waals surface area contributed by atoms with Gasteiger partial charge in [0.2, 0.25) is 15.9 Å². The van der Waals surface area contributed by atoms with Gasteiger partial charge >= 0.3 is 6.09 Å². The predicted molar refractivity (Wildman–Crippen MR) is 128 cm³/mol. The normalized spacial score (nSPS) is 11.4. The number of rotatable bonds is 10. The smallest absolute Gasteiger partial charge is 0.407 e. The first-order chi connectivity index (χ1) is 15.9. The lowest BCUT2D eigenvalue weighted by atomic mass is 10.1. The molecule has 3 N–H and O–H groups in total. The summed E-state index contributed by atoms with van der Waals surface area (Å²) in [4.78, 5) is 24.1. The summed E-state index contributed by atoms with van der Waals surface area (Å²) in [6.45, 7) is 5.21. The van der Waals surface area contributed by atoms with Crippen molar-refractivity contribution in [2.75, 3.05) is 32.6 Å². The Morgan fingerprint density at radius 1 is 0.941 bits per heavy atom. The molecule has 2 aromatic rings. The van der Waals surface area contributed by atoms with Crippen LogP contribution in [-0.4, -0.2) is 53.3 Å². The Morgan fingerprint density at radius 2 is 1.65 bits per heavy atom. The third-order valence-corrected chi connectivity index (χ3v) is 5.78. The molecule has 0 spiro atoms. The van der Waals surface area contributed by atoms with Crippen molar-refractivity contribution >= 4 is 27.7 Å². The van der Waals surface area contributed by atoms with Crippen molar-refractivity contribution in [3.8, 4) is 11.5 Å². The lowest BCUT2D eigenvalue weighted by molar-refractivity contribution is -0.115. The van der Waals surface area contributed by atoms with E-state index in [1.54, 1.807) is 45.0 Å². The van der Waals surface area contributed by atoms with Gasteiger partial charge in [0.05, 0.1) is 25.5 Å². The van der Waals surface area contributed by atoms with Crippen molar-refractivity contribution in [1.29, 1.82) is 0 Å². The van der Waals surface area contributed by atoms with Crippen LogP contribution < -0.4 is 24.8 Å². The Morgan fingerprint density at radius 3 is 2.29 bits per heavy atom. The van der Waals surface area contributed by atoms with Crippen molar-refractivity contribution in [1.82, 2.24) is 10.0 Å². The molecule has 186 valence electrons. The molecule has 11 heteroatoms. The zero-order valence-electron chi connectivity index (χ0n) is 19.9. The van der Waals surface area contributed by atoms with E-state index in [1.165, 1.54) is 32.4 Å². The number of hydrogen-bond donors (Lipinski definition) is 3. The number of benzene rings is 2. The van der Waals surface area contributed by atoms with Gasteiger partial charge in [-0.25, -0.2) is 17.9 Å². The second kappa shape index (κ2) is 11.7. The molecule has 0 aliphatic rings. The van der Waals surface area contributed by atoms with E-state index in [0.29, 0.717) is 22.7 Å². The summed E-state index contributed by atoms with van der Waals surface area (Å²) in [6.07, 6.45) is -0.572. The summed E-state index contributed by atoms with van der Waals surface area (Å²) in [6, 6.07) is 11.0.